The summed E-state index contributed by atoms with van der Waals surface area (Å²) in [6, 6.07) is 5.30. The third-order valence-electron chi connectivity index (χ3n) is 2.92. The molecular weight excluding hydrogens is 254 g/mol. The van der Waals surface area contributed by atoms with Gasteiger partial charge in [-0.3, -0.25) is 4.79 Å². The van der Waals surface area contributed by atoms with Gasteiger partial charge in [0, 0.05) is 23.7 Å². The van der Waals surface area contributed by atoms with Crippen molar-refractivity contribution in [2.24, 2.45) is 0 Å². The van der Waals surface area contributed by atoms with E-state index < -0.39 is 0 Å². The molecule has 2 rings (SSSR count). The number of morpholine rings is 1. The molecular formula is C13H16ClNO3. The van der Waals surface area contributed by atoms with E-state index in [1.165, 1.54) is 0 Å². The number of aliphatic hydroxyl groups is 1. The zero-order chi connectivity index (χ0) is 13.1. The van der Waals surface area contributed by atoms with Crippen molar-refractivity contribution >= 4 is 17.5 Å². The normalized spacial score (nSPS) is 19.9. The summed E-state index contributed by atoms with van der Waals surface area (Å²) in [5.41, 5.74) is 1.54. The zero-order valence-electron chi connectivity index (χ0n) is 10.2. The highest BCUT2D eigenvalue weighted by Crippen LogP contribution is 2.17. The molecule has 1 saturated heterocycles. The lowest BCUT2D eigenvalue weighted by Gasteiger charge is -2.32. The van der Waals surface area contributed by atoms with Crippen LogP contribution in [0, 0.1) is 6.92 Å². The predicted molar refractivity (Wildman–Crippen MR) is 68.9 cm³/mol. The first-order valence-corrected chi connectivity index (χ1v) is 6.27. The van der Waals surface area contributed by atoms with Crippen LogP contribution in [0.5, 0.6) is 0 Å². The van der Waals surface area contributed by atoms with E-state index >= 15 is 0 Å². The van der Waals surface area contributed by atoms with Gasteiger partial charge in [0.25, 0.3) is 5.91 Å². The minimum Gasteiger partial charge on any atom is -0.394 e. The number of carbonyl (C=O) groups excluding carboxylic acids is 1. The van der Waals surface area contributed by atoms with Crippen LogP contribution in [0.2, 0.25) is 5.02 Å². The van der Waals surface area contributed by atoms with Crippen molar-refractivity contribution in [2.45, 2.75) is 13.0 Å². The molecule has 98 valence electrons. The number of hydrogen-bond acceptors (Lipinski definition) is 3. The van der Waals surface area contributed by atoms with E-state index in [9.17, 15) is 4.79 Å². The fourth-order valence-electron chi connectivity index (χ4n) is 2.06. The number of amides is 1. The summed E-state index contributed by atoms with van der Waals surface area (Å²) >= 11 is 5.95. The van der Waals surface area contributed by atoms with Crippen molar-refractivity contribution in [2.75, 3.05) is 26.3 Å². The van der Waals surface area contributed by atoms with Gasteiger partial charge in [-0.05, 0) is 30.7 Å². The highest BCUT2D eigenvalue weighted by molar-refractivity contribution is 6.31. The second kappa shape index (κ2) is 5.69. The fraction of sp³-hybridized carbons (Fsp3) is 0.462. The van der Waals surface area contributed by atoms with Gasteiger partial charge < -0.3 is 14.7 Å². The van der Waals surface area contributed by atoms with Crippen LogP contribution in [-0.4, -0.2) is 48.3 Å². The van der Waals surface area contributed by atoms with Gasteiger partial charge in [-0.25, -0.2) is 0 Å². The average molecular weight is 270 g/mol. The predicted octanol–water partition coefficient (Wildman–Crippen LogP) is 1.48. The van der Waals surface area contributed by atoms with E-state index in [1.54, 1.807) is 11.0 Å². The second-order valence-electron chi connectivity index (χ2n) is 4.44. The monoisotopic (exact) mass is 269 g/mol. The summed E-state index contributed by atoms with van der Waals surface area (Å²) in [7, 11) is 0. The smallest absolute Gasteiger partial charge is 0.254 e. The molecule has 1 atom stereocenters. The summed E-state index contributed by atoms with van der Waals surface area (Å²) in [4.78, 5) is 14.0. The van der Waals surface area contributed by atoms with Gasteiger partial charge in [0.1, 0.15) is 0 Å². The van der Waals surface area contributed by atoms with Crippen LogP contribution in [0.3, 0.4) is 0 Å². The van der Waals surface area contributed by atoms with Gasteiger partial charge in [-0.1, -0.05) is 11.6 Å². The lowest BCUT2D eigenvalue weighted by molar-refractivity contribution is -0.0447. The molecule has 1 aromatic carbocycles. The molecule has 1 aliphatic heterocycles. The highest BCUT2D eigenvalue weighted by Gasteiger charge is 2.24. The molecule has 4 nitrogen and oxygen atoms in total. The molecule has 1 fully saturated rings. The Morgan fingerprint density at radius 3 is 3.00 bits per heavy atom. The standard InChI is InChI=1S/C13H16ClNO3/c1-9-4-10(6-11(14)5-9)13(17)15-2-3-18-12(7-15)8-16/h4-6,12,16H,2-3,7-8H2,1H3. The van der Waals surface area contributed by atoms with Crippen LogP contribution in [0.15, 0.2) is 18.2 Å². The van der Waals surface area contributed by atoms with Crippen molar-refractivity contribution in [3.63, 3.8) is 0 Å². The van der Waals surface area contributed by atoms with Crippen molar-refractivity contribution in [1.82, 2.24) is 4.90 Å². The van der Waals surface area contributed by atoms with Gasteiger partial charge in [0.2, 0.25) is 0 Å². The third-order valence-corrected chi connectivity index (χ3v) is 3.14. The Bertz CT molecular complexity index is 430. The van der Waals surface area contributed by atoms with E-state index in [0.29, 0.717) is 30.3 Å². The fourth-order valence-corrected chi connectivity index (χ4v) is 2.35. The molecule has 1 aromatic rings. The molecule has 0 aromatic heterocycles. The summed E-state index contributed by atoms with van der Waals surface area (Å²) in [5, 5.41) is 9.63. The first-order valence-electron chi connectivity index (χ1n) is 5.89. The van der Waals surface area contributed by atoms with E-state index in [2.05, 4.69) is 0 Å². The van der Waals surface area contributed by atoms with Gasteiger partial charge in [0.05, 0.1) is 19.3 Å². The Morgan fingerprint density at radius 1 is 1.56 bits per heavy atom. The summed E-state index contributed by atoms with van der Waals surface area (Å²) in [5.74, 6) is -0.0673. The zero-order valence-corrected chi connectivity index (χ0v) is 11.0. The second-order valence-corrected chi connectivity index (χ2v) is 4.88. The molecule has 0 radical (unpaired) electrons. The number of ether oxygens (including phenoxy) is 1. The van der Waals surface area contributed by atoms with Crippen molar-refractivity contribution in [3.8, 4) is 0 Å². The van der Waals surface area contributed by atoms with Gasteiger partial charge in [-0.2, -0.15) is 0 Å². The first-order chi connectivity index (χ1) is 8.60. The molecule has 0 saturated carbocycles. The maximum atomic E-state index is 12.3. The van der Waals surface area contributed by atoms with Crippen LogP contribution in [0.4, 0.5) is 0 Å². The Kier molecular flexibility index (Phi) is 4.22. The highest BCUT2D eigenvalue weighted by atomic mass is 35.5. The van der Waals surface area contributed by atoms with E-state index in [-0.39, 0.29) is 18.6 Å². The molecule has 5 heteroatoms. The third kappa shape index (κ3) is 3.02. The van der Waals surface area contributed by atoms with Crippen LogP contribution < -0.4 is 0 Å². The Hall–Kier alpha value is -1.10. The molecule has 1 N–H and O–H groups in total. The largest absolute Gasteiger partial charge is 0.394 e. The van der Waals surface area contributed by atoms with Gasteiger partial charge in [0.15, 0.2) is 0 Å². The molecule has 1 aliphatic rings. The van der Waals surface area contributed by atoms with Gasteiger partial charge in [-0.15, -0.1) is 0 Å². The van der Waals surface area contributed by atoms with E-state index in [0.717, 1.165) is 5.56 Å². The van der Waals surface area contributed by atoms with Gasteiger partial charge >= 0.3 is 0 Å². The number of carbonyl (C=O) groups is 1. The molecule has 18 heavy (non-hydrogen) atoms. The maximum absolute atomic E-state index is 12.3. The molecule has 1 amide bonds. The number of hydrogen-bond donors (Lipinski definition) is 1. The first kappa shape index (κ1) is 13.3. The lowest BCUT2D eigenvalue weighted by atomic mass is 10.1. The summed E-state index contributed by atoms with van der Waals surface area (Å²) in [6.45, 7) is 3.25. The number of benzene rings is 1. The quantitative estimate of drug-likeness (QED) is 0.885. The summed E-state index contributed by atoms with van der Waals surface area (Å²) in [6.07, 6.45) is -0.289. The Morgan fingerprint density at radius 2 is 2.33 bits per heavy atom. The van der Waals surface area contributed by atoms with Crippen molar-refractivity contribution in [1.29, 1.82) is 0 Å². The van der Waals surface area contributed by atoms with Crippen LogP contribution in [-0.2, 0) is 4.74 Å². The number of nitrogens with zero attached hydrogens (tertiary/aromatic N) is 1. The maximum Gasteiger partial charge on any atom is 0.254 e. The number of aryl methyl sites for hydroxylation is 1. The molecule has 0 bridgehead atoms. The van der Waals surface area contributed by atoms with Crippen LogP contribution >= 0.6 is 11.6 Å². The molecule has 0 spiro atoms. The number of halogens is 1. The topological polar surface area (TPSA) is 49.8 Å². The number of rotatable bonds is 2. The molecule has 1 unspecified atom stereocenters. The molecule has 1 heterocycles. The minimum atomic E-state index is -0.289. The van der Waals surface area contributed by atoms with Crippen LogP contribution in [0.1, 0.15) is 15.9 Å². The lowest BCUT2D eigenvalue weighted by Crippen LogP contribution is -2.46. The number of aliphatic hydroxyl groups excluding tert-OH is 1. The summed E-state index contributed by atoms with van der Waals surface area (Å²) < 4.78 is 5.32. The van der Waals surface area contributed by atoms with Crippen LogP contribution in [0.25, 0.3) is 0 Å². The minimum absolute atomic E-state index is 0.0673. The average Bonchev–Trinajstić information content (AvgIpc) is 2.37. The van der Waals surface area contributed by atoms with E-state index in [1.807, 2.05) is 19.1 Å². The Balaban J connectivity index is 2.15. The van der Waals surface area contributed by atoms with Crippen molar-refractivity contribution < 1.29 is 14.6 Å². The van der Waals surface area contributed by atoms with Crippen molar-refractivity contribution in [3.05, 3.63) is 34.3 Å². The SMILES string of the molecule is Cc1cc(Cl)cc(C(=O)N2CCOC(CO)C2)c1. The Labute approximate surface area is 111 Å². The van der Waals surface area contributed by atoms with E-state index in [4.69, 9.17) is 21.4 Å². The molecule has 0 aliphatic carbocycles.